The number of nitrogens with zero attached hydrogens (tertiary/aromatic N) is 4. The van der Waals surface area contributed by atoms with Crippen LogP contribution >= 0.6 is 0 Å². The van der Waals surface area contributed by atoms with Crippen LogP contribution in [0.3, 0.4) is 0 Å². The molecule has 1 saturated heterocycles. The Morgan fingerprint density at radius 3 is 2.59 bits per heavy atom. The van der Waals surface area contributed by atoms with Crippen LogP contribution < -0.4 is 0 Å². The van der Waals surface area contributed by atoms with Gasteiger partial charge in [-0.05, 0) is 81.3 Å². The predicted octanol–water partition coefficient (Wildman–Crippen LogP) is 7.02. The van der Waals surface area contributed by atoms with Gasteiger partial charge in [0.1, 0.15) is 5.82 Å². The second-order valence-corrected chi connectivity index (χ2v) is 13.2. The van der Waals surface area contributed by atoms with Crippen molar-refractivity contribution >= 4 is 33.8 Å². The van der Waals surface area contributed by atoms with Gasteiger partial charge in [0.25, 0.3) is 0 Å². The molecule has 1 aliphatic heterocycles. The van der Waals surface area contributed by atoms with E-state index >= 15 is 0 Å². The topological polar surface area (TPSA) is 87.9 Å². The fourth-order valence-electron chi connectivity index (χ4n) is 6.85. The lowest BCUT2D eigenvalue weighted by atomic mass is 9.93. The minimum atomic E-state index is -1.01. The fraction of sp³-hybridized carbons (Fsp3) is 0.472. The molecule has 0 saturated carbocycles. The van der Waals surface area contributed by atoms with Crippen LogP contribution in [0.5, 0.6) is 0 Å². The van der Waals surface area contributed by atoms with Crippen molar-refractivity contribution in [3.63, 3.8) is 0 Å². The van der Waals surface area contributed by atoms with Crippen LogP contribution in [-0.4, -0.2) is 74.8 Å². The second-order valence-electron chi connectivity index (χ2n) is 13.2. The lowest BCUT2D eigenvalue weighted by Crippen LogP contribution is -2.54. The van der Waals surface area contributed by atoms with E-state index in [9.17, 15) is 14.7 Å². The van der Waals surface area contributed by atoms with Gasteiger partial charge < -0.3 is 19.3 Å². The highest BCUT2D eigenvalue weighted by Gasteiger charge is 2.37. The van der Waals surface area contributed by atoms with Crippen LogP contribution in [0.15, 0.2) is 60.7 Å². The monoisotopic (exact) mass is 598 g/mol. The molecule has 2 atom stereocenters. The van der Waals surface area contributed by atoms with Crippen molar-refractivity contribution in [3.05, 3.63) is 77.6 Å². The number of aromatic nitrogens is 2. The molecular weight excluding hydrogens is 552 g/mol. The summed E-state index contributed by atoms with van der Waals surface area (Å²) in [5.41, 5.74) is 3.64. The van der Waals surface area contributed by atoms with Crippen LogP contribution in [0, 0.1) is 6.92 Å². The van der Waals surface area contributed by atoms with Gasteiger partial charge in [0.2, 0.25) is 5.91 Å². The molecule has 1 fully saturated rings. The number of aryl methyl sites for hydroxylation is 2. The molecular formula is C36H46N4O4. The number of benzene rings is 3. The Kier molecular flexibility index (Phi) is 9.59. The van der Waals surface area contributed by atoms with Gasteiger partial charge in [0.05, 0.1) is 11.0 Å². The van der Waals surface area contributed by atoms with E-state index < -0.39 is 17.7 Å². The summed E-state index contributed by atoms with van der Waals surface area (Å²) in [6, 6.07) is 20.2. The summed E-state index contributed by atoms with van der Waals surface area (Å²) < 4.78 is 7.65. The summed E-state index contributed by atoms with van der Waals surface area (Å²) in [7, 11) is 1.72. The number of amides is 2. The van der Waals surface area contributed by atoms with Crippen LogP contribution in [0.4, 0.5) is 4.79 Å². The average Bonchev–Trinajstić information content (AvgIpc) is 3.36. The van der Waals surface area contributed by atoms with Crippen LogP contribution in [0.25, 0.3) is 21.8 Å². The quantitative estimate of drug-likeness (QED) is 0.198. The maximum Gasteiger partial charge on any atom is 0.408 e. The molecule has 2 amide bonds. The number of ether oxygens (including phenoxy) is 1. The first kappa shape index (κ1) is 31.5. The third kappa shape index (κ3) is 6.91. The largest absolute Gasteiger partial charge is 0.465 e. The summed E-state index contributed by atoms with van der Waals surface area (Å²) in [5, 5.41) is 12.6. The Balaban J connectivity index is 1.40. The first-order valence-electron chi connectivity index (χ1n) is 15.8. The van der Waals surface area contributed by atoms with E-state index in [2.05, 4.69) is 60.0 Å². The molecule has 0 bridgehead atoms. The number of rotatable bonds is 10. The molecule has 0 aliphatic carbocycles. The number of hydrogen-bond donors (Lipinski definition) is 1. The highest BCUT2D eigenvalue weighted by atomic mass is 16.5. The van der Waals surface area contributed by atoms with E-state index in [1.165, 1.54) is 4.90 Å². The maximum absolute atomic E-state index is 14.0. The number of hydrogen-bond acceptors (Lipinski definition) is 4. The standard InChI is InChI=1S/C36H46N4O4/c1-25-11-8-15-31-33(25)37-34(39(31)19-10-20-44-5)29-14-9-18-38(24-29)32(41)23-30(40(35(42)43)36(2,3)4)22-26-16-17-27-12-6-7-13-28(27)21-26/h6-8,11-13,15-17,21,29-30H,9-10,14,18-20,22-24H2,1-5H3,(H,42,43)/t29-,30-/m1/s1. The molecule has 0 spiro atoms. The van der Waals surface area contributed by atoms with Crippen LogP contribution in [-0.2, 0) is 22.5 Å². The highest BCUT2D eigenvalue weighted by molar-refractivity contribution is 5.83. The number of methoxy groups -OCH3 is 1. The molecule has 5 rings (SSSR count). The number of carboxylic acid groups (broad SMARTS) is 1. The van der Waals surface area contributed by atoms with Crippen molar-refractivity contribution in [1.29, 1.82) is 0 Å². The molecule has 0 unspecified atom stereocenters. The first-order chi connectivity index (χ1) is 21.1. The molecule has 44 heavy (non-hydrogen) atoms. The van der Waals surface area contributed by atoms with Crippen molar-refractivity contribution in [3.8, 4) is 0 Å². The smallest absolute Gasteiger partial charge is 0.408 e. The summed E-state index contributed by atoms with van der Waals surface area (Å²) in [6.07, 6.45) is 2.31. The van der Waals surface area contributed by atoms with Gasteiger partial charge in [-0.25, -0.2) is 9.78 Å². The zero-order chi connectivity index (χ0) is 31.4. The zero-order valence-electron chi connectivity index (χ0n) is 26.8. The predicted molar refractivity (Wildman–Crippen MR) is 175 cm³/mol. The van der Waals surface area contributed by atoms with E-state index in [1.807, 2.05) is 37.8 Å². The average molecular weight is 599 g/mol. The molecule has 1 aromatic heterocycles. The Hall–Kier alpha value is -3.91. The highest BCUT2D eigenvalue weighted by Crippen LogP contribution is 2.32. The molecule has 2 heterocycles. The summed E-state index contributed by atoms with van der Waals surface area (Å²) in [6.45, 7) is 10.5. The Morgan fingerprint density at radius 2 is 1.86 bits per heavy atom. The third-order valence-electron chi connectivity index (χ3n) is 8.87. The normalized spacial score (nSPS) is 16.4. The lowest BCUT2D eigenvalue weighted by Gasteiger charge is -2.41. The molecule has 0 radical (unpaired) electrons. The van der Waals surface area contributed by atoms with Gasteiger partial charge >= 0.3 is 6.09 Å². The summed E-state index contributed by atoms with van der Waals surface area (Å²) >= 11 is 0. The van der Waals surface area contributed by atoms with E-state index in [0.29, 0.717) is 26.1 Å². The van der Waals surface area contributed by atoms with Gasteiger partial charge in [-0.3, -0.25) is 9.69 Å². The van der Waals surface area contributed by atoms with Crippen LogP contribution in [0.2, 0.25) is 0 Å². The van der Waals surface area contributed by atoms with Gasteiger partial charge in [0, 0.05) is 57.3 Å². The summed E-state index contributed by atoms with van der Waals surface area (Å²) in [4.78, 5) is 35.2. The summed E-state index contributed by atoms with van der Waals surface area (Å²) in [5.74, 6) is 1.13. The Morgan fingerprint density at radius 1 is 1.09 bits per heavy atom. The van der Waals surface area contributed by atoms with Crippen molar-refractivity contribution in [2.45, 2.75) is 83.8 Å². The van der Waals surface area contributed by atoms with Gasteiger partial charge in [0.15, 0.2) is 0 Å². The van der Waals surface area contributed by atoms with Crippen molar-refractivity contribution in [1.82, 2.24) is 19.4 Å². The number of carbonyl (C=O) groups is 2. The molecule has 3 aromatic carbocycles. The number of carbonyl (C=O) groups excluding carboxylic acids is 1. The number of imidazole rings is 1. The van der Waals surface area contributed by atoms with E-state index in [4.69, 9.17) is 9.72 Å². The molecule has 8 nitrogen and oxygen atoms in total. The van der Waals surface area contributed by atoms with Crippen molar-refractivity contribution in [2.75, 3.05) is 26.8 Å². The number of likely N-dealkylation sites (tertiary alicyclic amines) is 1. The molecule has 4 aromatic rings. The minimum absolute atomic E-state index is 0.00536. The zero-order valence-corrected chi connectivity index (χ0v) is 26.8. The first-order valence-corrected chi connectivity index (χ1v) is 15.8. The van der Waals surface area contributed by atoms with E-state index in [0.717, 1.165) is 64.6 Å². The number of piperidine rings is 1. The molecule has 1 aliphatic rings. The number of para-hydroxylation sites is 1. The van der Waals surface area contributed by atoms with Gasteiger partial charge in [-0.2, -0.15) is 0 Å². The molecule has 1 N–H and O–H groups in total. The lowest BCUT2D eigenvalue weighted by molar-refractivity contribution is -0.134. The second kappa shape index (κ2) is 13.4. The minimum Gasteiger partial charge on any atom is -0.465 e. The van der Waals surface area contributed by atoms with Gasteiger partial charge in [-0.1, -0.05) is 54.6 Å². The van der Waals surface area contributed by atoms with Crippen LogP contribution in [0.1, 0.15) is 69.3 Å². The maximum atomic E-state index is 14.0. The van der Waals surface area contributed by atoms with E-state index in [-0.39, 0.29) is 18.2 Å². The SMILES string of the molecule is COCCCn1c([C@@H]2CCCN(C(=O)C[C@@H](Cc3ccc4ccccc4c3)N(C(=O)O)C(C)(C)C)C2)nc2c(C)cccc21. The van der Waals surface area contributed by atoms with Crippen molar-refractivity contribution < 1.29 is 19.4 Å². The van der Waals surface area contributed by atoms with Crippen molar-refractivity contribution in [2.24, 2.45) is 0 Å². The number of fused-ring (bicyclic) bond motifs is 2. The van der Waals surface area contributed by atoms with Gasteiger partial charge in [-0.15, -0.1) is 0 Å². The van der Waals surface area contributed by atoms with E-state index in [1.54, 1.807) is 7.11 Å². The molecule has 234 valence electrons. The Labute approximate surface area is 260 Å². The Bertz CT molecular complexity index is 1620. The third-order valence-corrected chi connectivity index (χ3v) is 8.87. The fourth-order valence-corrected chi connectivity index (χ4v) is 6.85. The molecule has 8 heteroatoms.